The van der Waals surface area contributed by atoms with Crippen LogP contribution in [0, 0.1) is 5.92 Å². The molecule has 1 N–H and O–H groups in total. The van der Waals surface area contributed by atoms with Crippen LogP contribution < -0.4 is 5.32 Å². The van der Waals surface area contributed by atoms with Crippen molar-refractivity contribution in [1.82, 2.24) is 0 Å². The average molecular weight is 217 g/mol. The molecular formula is C15H23N. The lowest BCUT2D eigenvalue weighted by molar-refractivity contribution is 0.483. The summed E-state index contributed by atoms with van der Waals surface area (Å²) >= 11 is 0. The molecule has 1 atom stereocenters. The molecule has 0 radical (unpaired) electrons. The minimum Gasteiger partial charge on any atom is -0.382 e. The minimum absolute atomic E-state index is 0.617. The Balaban J connectivity index is 2.25. The summed E-state index contributed by atoms with van der Waals surface area (Å²) in [6, 6.07) is 7.57. The van der Waals surface area contributed by atoms with Crippen LogP contribution in [0.4, 0.5) is 5.69 Å². The van der Waals surface area contributed by atoms with Crippen molar-refractivity contribution in [2.45, 2.75) is 52.5 Å². The number of fused-ring (bicyclic) bond motifs is 1. The molecule has 2 rings (SSSR count). The van der Waals surface area contributed by atoms with Gasteiger partial charge in [0, 0.05) is 11.7 Å². The van der Waals surface area contributed by atoms with Crippen LogP contribution in [-0.4, -0.2) is 6.04 Å². The number of anilines is 1. The highest BCUT2D eigenvalue weighted by Crippen LogP contribution is 2.30. The normalized spacial score (nSPS) is 19.8. The third kappa shape index (κ3) is 2.23. The summed E-state index contributed by atoms with van der Waals surface area (Å²) in [4.78, 5) is 0. The molecule has 1 aromatic carbocycles. The van der Waals surface area contributed by atoms with E-state index in [9.17, 15) is 0 Å². The molecule has 0 saturated heterocycles. The molecule has 0 bridgehead atoms. The van der Waals surface area contributed by atoms with Gasteiger partial charge in [0.15, 0.2) is 0 Å². The molecule has 1 nitrogen and oxygen atoms in total. The summed E-state index contributed by atoms with van der Waals surface area (Å²) in [5.74, 6) is 1.34. The van der Waals surface area contributed by atoms with Gasteiger partial charge in [0.05, 0.1) is 0 Å². The molecule has 0 amide bonds. The molecule has 1 aromatic rings. The number of hydrogen-bond acceptors (Lipinski definition) is 1. The van der Waals surface area contributed by atoms with Crippen molar-refractivity contribution >= 4 is 5.69 Å². The van der Waals surface area contributed by atoms with E-state index in [4.69, 9.17) is 0 Å². The molecule has 88 valence electrons. The van der Waals surface area contributed by atoms with Crippen LogP contribution in [0.5, 0.6) is 0 Å². The van der Waals surface area contributed by atoms with Gasteiger partial charge in [-0.25, -0.2) is 0 Å². The second-order valence-corrected chi connectivity index (χ2v) is 5.60. The van der Waals surface area contributed by atoms with Gasteiger partial charge >= 0.3 is 0 Å². The predicted molar refractivity (Wildman–Crippen MR) is 71.1 cm³/mol. The summed E-state index contributed by atoms with van der Waals surface area (Å²) in [5, 5.41) is 3.69. The van der Waals surface area contributed by atoms with Gasteiger partial charge in [-0.15, -0.1) is 0 Å². The molecule has 1 unspecified atom stereocenters. The summed E-state index contributed by atoms with van der Waals surface area (Å²) in [6.07, 6.45) is 2.50. The van der Waals surface area contributed by atoms with Crippen LogP contribution >= 0.6 is 0 Å². The fraction of sp³-hybridized carbons (Fsp3) is 0.600. The standard InChI is InChI=1S/C15H23N/c1-10(2)13-6-5-12-7-8-14(11(3)4)16-15(12)9-13/h5-6,9-11,14,16H,7-8H2,1-4H3. The first-order chi connectivity index (χ1) is 7.58. The van der Waals surface area contributed by atoms with Crippen molar-refractivity contribution in [2.24, 2.45) is 5.92 Å². The molecule has 1 aliphatic heterocycles. The zero-order valence-electron chi connectivity index (χ0n) is 10.9. The predicted octanol–water partition coefficient (Wildman–Crippen LogP) is 4.19. The molecule has 0 aliphatic carbocycles. The molecule has 16 heavy (non-hydrogen) atoms. The first-order valence-electron chi connectivity index (χ1n) is 6.47. The lowest BCUT2D eigenvalue weighted by Crippen LogP contribution is -2.30. The second kappa shape index (κ2) is 4.48. The number of nitrogens with one attached hydrogen (secondary N) is 1. The van der Waals surface area contributed by atoms with Gasteiger partial charge in [-0.2, -0.15) is 0 Å². The highest BCUT2D eigenvalue weighted by atomic mass is 14.9. The summed E-state index contributed by atoms with van der Waals surface area (Å²) in [7, 11) is 0. The Kier molecular flexibility index (Phi) is 3.22. The molecule has 0 fully saturated rings. The van der Waals surface area contributed by atoms with Crippen LogP contribution in [0.25, 0.3) is 0 Å². The average Bonchev–Trinajstić information content (AvgIpc) is 2.27. The zero-order chi connectivity index (χ0) is 11.7. The lowest BCUT2D eigenvalue weighted by Gasteiger charge is -2.30. The van der Waals surface area contributed by atoms with Crippen LogP contribution in [0.15, 0.2) is 18.2 Å². The number of benzene rings is 1. The van der Waals surface area contributed by atoms with Crippen LogP contribution in [-0.2, 0) is 6.42 Å². The van der Waals surface area contributed by atoms with E-state index in [1.807, 2.05) is 0 Å². The van der Waals surface area contributed by atoms with Crippen molar-refractivity contribution in [1.29, 1.82) is 0 Å². The Labute approximate surface area is 99.3 Å². The minimum atomic E-state index is 0.617. The summed E-state index contributed by atoms with van der Waals surface area (Å²) < 4.78 is 0. The van der Waals surface area contributed by atoms with E-state index in [0.29, 0.717) is 12.0 Å². The Morgan fingerprint density at radius 3 is 2.56 bits per heavy atom. The highest BCUT2D eigenvalue weighted by Gasteiger charge is 2.20. The van der Waals surface area contributed by atoms with E-state index < -0.39 is 0 Å². The van der Waals surface area contributed by atoms with Gasteiger partial charge in [-0.3, -0.25) is 0 Å². The SMILES string of the molecule is CC(C)c1ccc2c(c1)NC(C(C)C)CC2. The van der Waals surface area contributed by atoms with Crippen LogP contribution in [0.3, 0.4) is 0 Å². The second-order valence-electron chi connectivity index (χ2n) is 5.60. The maximum absolute atomic E-state index is 3.69. The first kappa shape index (κ1) is 11.5. The Bertz CT molecular complexity index is 366. The maximum Gasteiger partial charge on any atom is 0.0377 e. The maximum atomic E-state index is 3.69. The quantitative estimate of drug-likeness (QED) is 0.783. The fourth-order valence-corrected chi connectivity index (χ4v) is 2.39. The zero-order valence-corrected chi connectivity index (χ0v) is 10.9. The van der Waals surface area contributed by atoms with Gasteiger partial charge in [0.25, 0.3) is 0 Å². The van der Waals surface area contributed by atoms with Gasteiger partial charge in [0.2, 0.25) is 0 Å². The molecule has 1 heteroatoms. The smallest absolute Gasteiger partial charge is 0.0377 e. The monoisotopic (exact) mass is 217 g/mol. The van der Waals surface area contributed by atoms with Gasteiger partial charge in [-0.05, 0) is 41.9 Å². The summed E-state index contributed by atoms with van der Waals surface area (Å²) in [5.41, 5.74) is 4.30. The molecule has 0 spiro atoms. The molecule has 0 aromatic heterocycles. The van der Waals surface area contributed by atoms with Crippen molar-refractivity contribution in [3.05, 3.63) is 29.3 Å². The number of rotatable bonds is 2. The van der Waals surface area contributed by atoms with Gasteiger partial charge < -0.3 is 5.32 Å². The van der Waals surface area contributed by atoms with Crippen molar-refractivity contribution in [3.8, 4) is 0 Å². The third-order valence-electron chi connectivity index (χ3n) is 3.67. The summed E-state index contributed by atoms with van der Waals surface area (Å²) in [6.45, 7) is 9.11. The van der Waals surface area contributed by atoms with Gasteiger partial charge in [0.1, 0.15) is 0 Å². The van der Waals surface area contributed by atoms with E-state index in [1.165, 1.54) is 29.7 Å². The molecule has 1 aliphatic rings. The molecule has 0 saturated carbocycles. The fourth-order valence-electron chi connectivity index (χ4n) is 2.39. The van der Waals surface area contributed by atoms with E-state index in [0.717, 1.165) is 5.92 Å². The Hall–Kier alpha value is -0.980. The van der Waals surface area contributed by atoms with E-state index >= 15 is 0 Å². The Morgan fingerprint density at radius 1 is 1.19 bits per heavy atom. The van der Waals surface area contributed by atoms with Crippen molar-refractivity contribution in [2.75, 3.05) is 5.32 Å². The van der Waals surface area contributed by atoms with Gasteiger partial charge in [-0.1, -0.05) is 39.8 Å². The lowest BCUT2D eigenvalue weighted by atomic mass is 9.89. The first-order valence-corrected chi connectivity index (χ1v) is 6.47. The molecular weight excluding hydrogens is 194 g/mol. The van der Waals surface area contributed by atoms with Crippen LogP contribution in [0.1, 0.15) is 51.2 Å². The number of aryl methyl sites for hydroxylation is 1. The largest absolute Gasteiger partial charge is 0.382 e. The third-order valence-corrected chi connectivity index (χ3v) is 3.67. The topological polar surface area (TPSA) is 12.0 Å². The highest BCUT2D eigenvalue weighted by molar-refractivity contribution is 5.56. The number of hydrogen-bond donors (Lipinski definition) is 1. The van der Waals surface area contributed by atoms with E-state index in [1.54, 1.807) is 0 Å². The van der Waals surface area contributed by atoms with E-state index in [2.05, 4.69) is 51.2 Å². The Morgan fingerprint density at radius 2 is 1.94 bits per heavy atom. The van der Waals surface area contributed by atoms with Crippen LogP contribution in [0.2, 0.25) is 0 Å². The van der Waals surface area contributed by atoms with E-state index in [-0.39, 0.29) is 0 Å². The van der Waals surface area contributed by atoms with Crippen molar-refractivity contribution < 1.29 is 0 Å². The molecule has 1 heterocycles. The van der Waals surface area contributed by atoms with Crippen molar-refractivity contribution in [3.63, 3.8) is 0 Å².